The van der Waals surface area contributed by atoms with Crippen LogP contribution in [0.1, 0.15) is 30.0 Å². The van der Waals surface area contributed by atoms with Crippen LogP contribution < -0.4 is 0 Å². The number of carbonyl (C=O) groups excluding carboxylic acids is 2. The maximum absolute atomic E-state index is 13.4. The van der Waals surface area contributed by atoms with Crippen LogP contribution in [0, 0.1) is 5.92 Å². The number of hydrogen-bond acceptors (Lipinski definition) is 4. The highest BCUT2D eigenvalue weighted by Crippen LogP contribution is 2.25. The van der Waals surface area contributed by atoms with Gasteiger partial charge in [-0.15, -0.1) is 0 Å². The third-order valence-corrected chi connectivity index (χ3v) is 6.03. The molecule has 0 radical (unpaired) electrons. The predicted octanol–water partition coefficient (Wildman–Crippen LogP) is 3.36. The van der Waals surface area contributed by atoms with Gasteiger partial charge in [0.05, 0.1) is 13.0 Å². The average molecular weight is 439 g/mol. The number of fused-ring (bicyclic) bond motifs is 1. The van der Waals surface area contributed by atoms with Gasteiger partial charge in [0.2, 0.25) is 0 Å². The van der Waals surface area contributed by atoms with E-state index >= 15 is 0 Å². The molecule has 0 saturated carbocycles. The van der Waals surface area contributed by atoms with E-state index in [9.17, 15) is 19.5 Å². The number of aliphatic carboxylic acids is 1. The van der Waals surface area contributed by atoms with Crippen LogP contribution >= 0.6 is 0 Å². The molecule has 2 amide bonds. The third-order valence-electron chi connectivity index (χ3n) is 6.03. The molecule has 32 heavy (non-hydrogen) atoms. The average Bonchev–Trinajstić information content (AvgIpc) is 2.83. The van der Waals surface area contributed by atoms with E-state index in [0.717, 1.165) is 16.7 Å². The first-order valence-corrected chi connectivity index (χ1v) is 10.9. The number of aryl methyl sites for hydroxylation is 1. The zero-order chi connectivity index (χ0) is 23.1. The summed E-state index contributed by atoms with van der Waals surface area (Å²) in [6.07, 6.45) is 1.48. The Balaban J connectivity index is 1.76. The highest BCUT2D eigenvalue weighted by molar-refractivity contribution is 5.84. The van der Waals surface area contributed by atoms with Crippen LogP contribution in [-0.4, -0.2) is 59.1 Å². The van der Waals surface area contributed by atoms with Crippen LogP contribution in [0.2, 0.25) is 0 Å². The number of amides is 2. The van der Waals surface area contributed by atoms with Crippen LogP contribution in [0.5, 0.6) is 0 Å². The summed E-state index contributed by atoms with van der Waals surface area (Å²) in [4.78, 5) is 40.8. The highest BCUT2D eigenvalue weighted by Gasteiger charge is 2.37. The molecule has 2 atom stereocenters. The number of esters is 1. The number of ether oxygens (including phenoxy) is 1. The molecule has 2 aromatic rings. The maximum atomic E-state index is 13.4. The second kappa shape index (κ2) is 10.8. The maximum Gasteiger partial charge on any atom is 0.326 e. The second-order valence-electron chi connectivity index (χ2n) is 8.02. The van der Waals surface area contributed by atoms with Crippen molar-refractivity contribution in [2.75, 3.05) is 20.2 Å². The fraction of sp³-hybridized carbons (Fsp3) is 0.400. The van der Waals surface area contributed by atoms with Crippen molar-refractivity contribution < 1.29 is 24.2 Å². The first-order chi connectivity index (χ1) is 15.4. The predicted molar refractivity (Wildman–Crippen MR) is 120 cm³/mol. The number of hydrogen-bond donors (Lipinski definition) is 1. The lowest BCUT2D eigenvalue weighted by Crippen LogP contribution is -2.54. The standard InChI is InChI=1S/C25H30N2O5/c1-3-26(16-21(24(30)32-2)14-13-18-9-5-4-6-10-18)25(31)27-17-20-12-8-7-11-19(20)15-22(27)23(28)29/h4-12,21-22H,3,13-17H2,1-2H3,(H,28,29)/t21-,22+/m1/s1. The topological polar surface area (TPSA) is 87.2 Å². The number of rotatable bonds is 8. The lowest BCUT2D eigenvalue weighted by Gasteiger charge is -2.38. The molecule has 0 spiro atoms. The fourth-order valence-corrected chi connectivity index (χ4v) is 4.17. The number of methoxy groups -OCH3 is 1. The van der Waals surface area contributed by atoms with Crippen molar-refractivity contribution in [2.45, 2.75) is 38.8 Å². The van der Waals surface area contributed by atoms with Gasteiger partial charge < -0.3 is 19.6 Å². The van der Waals surface area contributed by atoms with Crippen molar-refractivity contribution in [2.24, 2.45) is 5.92 Å². The van der Waals surface area contributed by atoms with E-state index in [4.69, 9.17) is 4.74 Å². The van der Waals surface area contributed by atoms with Crippen molar-refractivity contribution in [1.82, 2.24) is 9.80 Å². The molecule has 2 aromatic carbocycles. The van der Waals surface area contributed by atoms with Crippen LogP contribution in [0.15, 0.2) is 54.6 Å². The lowest BCUT2D eigenvalue weighted by molar-refractivity contribution is -0.146. The summed E-state index contributed by atoms with van der Waals surface area (Å²) in [5.41, 5.74) is 3.00. The molecule has 0 aromatic heterocycles. The smallest absolute Gasteiger partial charge is 0.326 e. The van der Waals surface area contributed by atoms with Crippen molar-refractivity contribution >= 4 is 18.0 Å². The highest BCUT2D eigenvalue weighted by atomic mass is 16.5. The van der Waals surface area contributed by atoms with E-state index in [1.807, 2.05) is 61.5 Å². The van der Waals surface area contributed by atoms with Gasteiger partial charge in [-0.2, -0.15) is 0 Å². The van der Waals surface area contributed by atoms with Gasteiger partial charge in [-0.25, -0.2) is 9.59 Å². The summed E-state index contributed by atoms with van der Waals surface area (Å²) in [5, 5.41) is 9.77. The third kappa shape index (κ3) is 5.46. The van der Waals surface area contributed by atoms with Crippen LogP contribution in [0.3, 0.4) is 0 Å². The largest absolute Gasteiger partial charge is 0.480 e. The molecule has 1 N–H and O–H groups in total. The van der Waals surface area contributed by atoms with Gasteiger partial charge in [0, 0.05) is 26.1 Å². The minimum Gasteiger partial charge on any atom is -0.480 e. The van der Waals surface area contributed by atoms with Crippen LogP contribution in [-0.2, 0) is 33.7 Å². The molecule has 0 fully saturated rings. The normalized spacial score (nSPS) is 16.1. The Morgan fingerprint density at radius 1 is 1.09 bits per heavy atom. The SMILES string of the molecule is CCN(C[C@@H](CCc1ccccc1)C(=O)OC)C(=O)N1Cc2ccccc2C[C@H]1C(=O)O. The summed E-state index contributed by atoms with van der Waals surface area (Å²) < 4.78 is 4.99. The molecule has 1 heterocycles. The first-order valence-electron chi connectivity index (χ1n) is 10.9. The Bertz CT molecular complexity index is 946. The summed E-state index contributed by atoms with van der Waals surface area (Å²) >= 11 is 0. The summed E-state index contributed by atoms with van der Waals surface area (Å²) in [5.74, 6) is -1.90. The van der Waals surface area contributed by atoms with Gasteiger partial charge >= 0.3 is 18.0 Å². The van der Waals surface area contributed by atoms with E-state index in [-0.39, 0.29) is 31.5 Å². The molecular formula is C25H30N2O5. The summed E-state index contributed by atoms with van der Waals surface area (Å²) in [6.45, 7) is 2.61. The van der Waals surface area contributed by atoms with Gasteiger partial charge in [0.1, 0.15) is 6.04 Å². The number of urea groups is 1. The van der Waals surface area contributed by atoms with Gasteiger partial charge in [-0.3, -0.25) is 4.79 Å². The van der Waals surface area contributed by atoms with Crippen LogP contribution in [0.4, 0.5) is 4.79 Å². The van der Waals surface area contributed by atoms with Crippen molar-refractivity contribution in [1.29, 1.82) is 0 Å². The number of nitrogens with zero attached hydrogens (tertiary/aromatic N) is 2. The molecule has 1 aliphatic rings. The molecule has 0 unspecified atom stereocenters. The molecule has 3 rings (SSSR count). The molecule has 170 valence electrons. The van der Waals surface area contributed by atoms with E-state index < -0.39 is 17.9 Å². The summed E-state index contributed by atoms with van der Waals surface area (Å²) in [6, 6.07) is 16.1. The summed E-state index contributed by atoms with van der Waals surface area (Å²) in [7, 11) is 1.35. The zero-order valence-electron chi connectivity index (χ0n) is 18.6. The Kier molecular flexibility index (Phi) is 7.87. The zero-order valence-corrected chi connectivity index (χ0v) is 18.6. The Morgan fingerprint density at radius 2 is 1.75 bits per heavy atom. The Labute approximate surface area is 188 Å². The first kappa shape index (κ1) is 23.3. The number of carbonyl (C=O) groups is 3. The number of benzene rings is 2. The van der Waals surface area contributed by atoms with Gasteiger partial charge in [-0.05, 0) is 36.5 Å². The second-order valence-corrected chi connectivity index (χ2v) is 8.02. The Hall–Kier alpha value is -3.35. The van der Waals surface area contributed by atoms with Gasteiger partial charge in [0.15, 0.2) is 0 Å². The minimum absolute atomic E-state index is 0.180. The van der Waals surface area contributed by atoms with Gasteiger partial charge in [-0.1, -0.05) is 54.6 Å². The van der Waals surface area contributed by atoms with Gasteiger partial charge in [0.25, 0.3) is 0 Å². The molecule has 0 aliphatic carbocycles. The number of carboxylic acids is 1. The monoisotopic (exact) mass is 438 g/mol. The molecule has 0 saturated heterocycles. The van der Waals surface area contributed by atoms with E-state index in [1.54, 1.807) is 4.90 Å². The van der Waals surface area contributed by atoms with Crippen LogP contribution in [0.25, 0.3) is 0 Å². The molecule has 7 heteroatoms. The lowest BCUT2D eigenvalue weighted by atomic mass is 9.94. The minimum atomic E-state index is -1.03. The Morgan fingerprint density at radius 3 is 2.38 bits per heavy atom. The molecule has 7 nitrogen and oxygen atoms in total. The van der Waals surface area contributed by atoms with Crippen molar-refractivity contribution in [3.05, 3.63) is 71.3 Å². The van der Waals surface area contributed by atoms with Crippen molar-refractivity contribution in [3.8, 4) is 0 Å². The van der Waals surface area contributed by atoms with Crippen molar-refractivity contribution in [3.63, 3.8) is 0 Å². The van der Waals surface area contributed by atoms with E-state index in [1.165, 1.54) is 12.0 Å². The fourth-order valence-electron chi connectivity index (χ4n) is 4.17. The van der Waals surface area contributed by atoms with E-state index in [0.29, 0.717) is 19.4 Å². The molecular weight excluding hydrogens is 408 g/mol. The molecule has 0 bridgehead atoms. The molecule has 1 aliphatic heterocycles. The van der Waals surface area contributed by atoms with E-state index in [2.05, 4.69) is 0 Å². The quantitative estimate of drug-likeness (QED) is 0.639. The number of carboxylic acid groups (broad SMARTS) is 1.